The Morgan fingerprint density at radius 3 is 2.17 bits per heavy atom. The Kier molecular flexibility index (Phi) is 5.34. The van der Waals surface area contributed by atoms with Gasteiger partial charge in [0.2, 0.25) is 0 Å². The van der Waals surface area contributed by atoms with Gasteiger partial charge in [0.25, 0.3) is 5.91 Å². The predicted molar refractivity (Wildman–Crippen MR) is 90.2 cm³/mol. The van der Waals surface area contributed by atoms with Crippen LogP contribution in [-0.4, -0.2) is 27.2 Å². The van der Waals surface area contributed by atoms with E-state index in [1.54, 1.807) is 31.4 Å². The van der Waals surface area contributed by atoms with E-state index in [0.717, 1.165) is 5.56 Å². The molecule has 122 valence electrons. The first-order chi connectivity index (χ1) is 11.0. The molecule has 1 N–H and O–H groups in total. The van der Waals surface area contributed by atoms with E-state index in [2.05, 4.69) is 5.32 Å². The summed E-state index contributed by atoms with van der Waals surface area (Å²) in [6.45, 7) is 1.91. The molecule has 23 heavy (non-hydrogen) atoms. The van der Waals surface area contributed by atoms with Crippen LogP contribution in [0.3, 0.4) is 0 Å². The van der Waals surface area contributed by atoms with Crippen LogP contribution in [0.2, 0.25) is 5.02 Å². The number of aryl methyl sites for hydroxylation is 1. The molecule has 0 saturated carbocycles. The molecule has 0 fully saturated rings. The lowest BCUT2D eigenvalue weighted by Crippen LogP contribution is -2.12. The van der Waals surface area contributed by atoms with Crippen LogP contribution in [-0.2, 0) is 0 Å². The minimum absolute atomic E-state index is 0.294. The molecule has 0 atom stereocenters. The van der Waals surface area contributed by atoms with E-state index in [4.69, 9.17) is 25.8 Å². The van der Waals surface area contributed by atoms with E-state index < -0.39 is 0 Å². The number of carbonyl (C=O) groups is 1. The summed E-state index contributed by atoms with van der Waals surface area (Å²) in [6, 6.07) is 8.43. The lowest BCUT2D eigenvalue weighted by Gasteiger charge is -2.13. The van der Waals surface area contributed by atoms with Crippen molar-refractivity contribution in [2.24, 2.45) is 0 Å². The van der Waals surface area contributed by atoms with Crippen LogP contribution in [0.4, 0.5) is 5.69 Å². The summed E-state index contributed by atoms with van der Waals surface area (Å²) in [7, 11) is 4.60. The van der Waals surface area contributed by atoms with Crippen LogP contribution >= 0.6 is 11.6 Å². The number of methoxy groups -OCH3 is 3. The van der Waals surface area contributed by atoms with Crippen molar-refractivity contribution in [2.45, 2.75) is 6.92 Å². The fourth-order valence-electron chi connectivity index (χ4n) is 2.11. The molecule has 0 spiro atoms. The van der Waals surface area contributed by atoms with Crippen molar-refractivity contribution in [3.63, 3.8) is 0 Å². The summed E-state index contributed by atoms with van der Waals surface area (Å²) in [5.74, 6) is 1.33. The minimum atomic E-state index is -0.294. The van der Waals surface area contributed by atoms with Gasteiger partial charge in [0.1, 0.15) is 5.75 Å². The first-order valence-corrected chi connectivity index (χ1v) is 7.25. The van der Waals surface area contributed by atoms with Crippen LogP contribution in [0.1, 0.15) is 15.9 Å². The Bertz CT molecular complexity index is 731. The summed E-state index contributed by atoms with van der Waals surface area (Å²) < 4.78 is 15.6. The van der Waals surface area contributed by atoms with Crippen LogP contribution in [0.5, 0.6) is 17.2 Å². The molecule has 0 aliphatic carbocycles. The Morgan fingerprint density at radius 1 is 0.957 bits per heavy atom. The van der Waals surface area contributed by atoms with Crippen molar-refractivity contribution in [3.8, 4) is 17.2 Å². The summed E-state index contributed by atoms with van der Waals surface area (Å²) in [5.41, 5.74) is 1.86. The van der Waals surface area contributed by atoms with Gasteiger partial charge in [0.15, 0.2) is 11.5 Å². The first kappa shape index (κ1) is 17.0. The smallest absolute Gasteiger partial charge is 0.255 e. The number of anilines is 1. The Labute approximate surface area is 140 Å². The van der Waals surface area contributed by atoms with Gasteiger partial charge >= 0.3 is 0 Å². The topological polar surface area (TPSA) is 56.8 Å². The van der Waals surface area contributed by atoms with Gasteiger partial charge < -0.3 is 19.5 Å². The maximum absolute atomic E-state index is 12.4. The number of hydrogen-bond acceptors (Lipinski definition) is 4. The third-order valence-corrected chi connectivity index (χ3v) is 3.70. The van der Waals surface area contributed by atoms with E-state index >= 15 is 0 Å². The molecule has 0 aliphatic rings. The van der Waals surface area contributed by atoms with Gasteiger partial charge in [-0.2, -0.15) is 0 Å². The highest BCUT2D eigenvalue weighted by molar-refractivity contribution is 6.34. The molecule has 0 aliphatic heterocycles. The molecule has 6 heteroatoms. The molecule has 2 aromatic rings. The number of benzene rings is 2. The third-order valence-electron chi connectivity index (χ3n) is 3.39. The second-order valence-corrected chi connectivity index (χ2v) is 5.23. The lowest BCUT2D eigenvalue weighted by atomic mass is 10.1. The zero-order chi connectivity index (χ0) is 17.0. The second kappa shape index (κ2) is 7.24. The third kappa shape index (κ3) is 3.68. The van der Waals surface area contributed by atoms with E-state index in [9.17, 15) is 4.79 Å². The Hall–Kier alpha value is -2.40. The molecular weight excluding hydrogens is 318 g/mol. The molecular formula is C17H18ClNO4. The normalized spacial score (nSPS) is 10.1. The maximum Gasteiger partial charge on any atom is 0.255 e. The van der Waals surface area contributed by atoms with Gasteiger partial charge in [-0.1, -0.05) is 17.7 Å². The van der Waals surface area contributed by atoms with Gasteiger partial charge in [-0.3, -0.25) is 4.79 Å². The Balaban J connectivity index is 2.30. The van der Waals surface area contributed by atoms with Gasteiger partial charge in [0.05, 0.1) is 32.0 Å². The predicted octanol–water partition coefficient (Wildman–Crippen LogP) is 3.93. The Morgan fingerprint density at radius 2 is 1.57 bits per heavy atom. The van der Waals surface area contributed by atoms with E-state index in [1.807, 2.05) is 13.0 Å². The second-order valence-electron chi connectivity index (χ2n) is 4.83. The fraction of sp³-hybridized carbons (Fsp3) is 0.235. The number of halogens is 1. The van der Waals surface area contributed by atoms with Gasteiger partial charge in [0, 0.05) is 17.7 Å². The molecule has 5 nitrogen and oxygen atoms in total. The SMILES string of the molecule is COc1cc(C(=O)Nc2cc(OC)c(OC)cc2Cl)ccc1C. The van der Waals surface area contributed by atoms with Crippen LogP contribution in [0.25, 0.3) is 0 Å². The number of amides is 1. The highest BCUT2D eigenvalue weighted by Crippen LogP contribution is 2.36. The zero-order valence-corrected chi connectivity index (χ0v) is 14.2. The molecule has 1 amide bonds. The van der Waals surface area contributed by atoms with Crippen molar-refractivity contribution in [1.29, 1.82) is 0 Å². The average Bonchev–Trinajstić information content (AvgIpc) is 2.56. The maximum atomic E-state index is 12.4. The molecule has 2 rings (SSSR count). The van der Waals surface area contributed by atoms with E-state index in [-0.39, 0.29) is 5.91 Å². The van der Waals surface area contributed by atoms with E-state index in [1.165, 1.54) is 14.2 Å². The van der Waals surface area contributed by atoms with Crippen molar-refractivity contribution in [2.75, 3.05) is 26.6 Å². The summed E-state index contributed by atoms with van der Waals surface area (Å²) in [5, 5.41) is 3.12. The molecule has 2 aromatic carbocycles. The molecule has 0 saturated heterocycles. The average molecular weight is 336 g/mol. The number of hydrogen-bond donors (Lipinski definition) is 1. The van der Waals surface area contributed by atoms with Crippen LogP contribution < -0.4 is 19.5 Å². The molecule has 0 radical (unpaired) electrons. The highest BCUT2D eigenvalue weighted by Gasteiger charge is 2.14. The molecule has 0 heterocycles. The largest absolute Gasteiger partial charge is 0.496 e. The summed E-state index contributed by atoms with van der Waals surface area (Å²) >= 11 is 6.18. The number of ether oxygens (including phenoxy) is 3. The molecule has 0 aromatic heterocycles. The van der Waals surface area contributed by atoms with Gasteiger partial charge in [-0.15, -0.1) is 0 Å². The van der Waals surface area contributed by atoms with Gasteiger partial charge in [-0.25, -0.2) is 0 Å². The monoisotopic (exact) mass is 335 g/mol. The summed E-state index contributed by atoms with van der Waals surface area (Å²) in [6.07, 6.45) is 0. The summed E-state index contributed by atoms with van der Waals surface area (Å²) in [4.78, 5) is 12.4. The van der Waals surface area contributed by atoms with Crippen molar-refractivity contribution >= 4 is 23.2 Å². The van der Waals surface area contributed by atoms with Crippen LogP contribution in [0, 0.1) is 6.92 Å². The van der Waals surface area contributed by atoms with Crippen molar-refractivity contribution in [3.05, 3.63) is 46.5 Å². The number of rotatable bonds is 5. The van der Waals surface area contributed by atoms with Gasteiger partial charge in [-0.05, 0) is 24.6 Å². The molecule has 0 bridgehead atoms. The van der Waals surface area contributed by atoms with Crippen LogP contribution in [0.15, 0.2) is 30.3 Å². The number of carbonyl (C=O) groups excluding carboxylic acids is 1. The first-order valence-electron chi connectivity index (χ1n) is 6.87. The quantitative estimate of drug-likeness (QED) is 0.899. The van der Waals surface area contributed by atoms with Crippen molar-refractivity contribution in [1.82, 2.24) is 0 Å². The van der Waals surface area contributed by atoms with Crippen molar-refractivity contribution < 1.29 is 19.0 Å². The standard InChI is InChI=1S/C17H18ClNO4/c1-10-5-6-11(7-14(10)21-2)17(20)19-13-9-16(23-4)15(22-3)8-12(13)18/h5-9H,1-4H3,(H,19,20). The fourth-order valence-corrected chi connectivity index (χ4v) is 2.31. The minimum Gasteiger partial charge on any atom is -0.496 e. The zero-order valence-electron chi connectivity index (χ0n) is 13.4. The van der Waals surface area contributed by atoms with E-state index in [0.29, 0.717) is 33.5 Å². The number of nitrogens with one attached hydrogen (secondary N) is 1. The molecule has 0 unspecified atom stereocenters. The lowest BCUT2D eigenvalue weighted by molar-refractivity contribution is 0.102. The highest BCUT2D eigenvalue weighted by atomic mass is 35.5.